The number of rotatable bonds is 3. The average molecular weight is 445 g/mol. The highest BCUT2D eigenvalue weighted by molar-refractivity contribution is 9.10. The second-order valence-corrected chi connectivity index (χ2v) is 8.10. The molecule has 0 bridgehead atoms. The smallest absolute Gasteiger partial charge is 0.251 e. The van der Waals surface area contributed by atoms with Crippen LogP contribution in [0.4, 0.5) is 5.82 Å². The van der Waals surface area contributed by atoms with E-state index in [2.05, 4.69) is 31.1 Å². The highest BCUT2D eigenvalue weighted by atomic mass is 79.9. The summed E-state index contributed by atoms with van der Waals surface area (Å²) in [7, 11) is 0. The molecule has 1 N–H and O–H groups in total. The van der Waals surface area contributed by atoms with Crippen LogP contribution in [0, 0.1) is 0 Å². The van der Waals surface area contributed by atoms with Crippen molar-refractivity contribution in [1.29, 1.82) is 0 Å². The second-order valence-electron chi connectivity index (χ2n) is 6.75. The molecular weight excluding hydrogens is 426 g/mol. The Kier molecular flexibility index (Phi) is 5.32. The molecular formula is C21H19BrClN3O. The third kappa shape index (κ3) is 4.09. The van der Waals surface area contributed by atoms with Crippen molar-refractivity contribution in [3.63, 3.8) is 0 Å². The average Bonchev–Trinajstić information content (AvgIpc) is 2.68. The molecule has 1 aromatic heterocycles. The quantitative estimate of drug-likeness (QED) is 0.615. The monoisotopic (exact) mass is 443 g/mol. The van der Waals surface area contributed by atoms with Gasteiger partial charge in [-0.2, -0.15) is 0 Å². The summed E-state index contributed by atoms with van der Waals surface area (Å²) in [5.41, 5.74) is 0.680. The standard InChI is InChI=1S/C21H19BrClN3O/c22-16-3-1-2-15(12-16)21(27)25-18-7-10-26(11-8-18)20-19-5-4-17(23)13-14(19)6-9-24-20/h1-6,9,12-13,18H,7-8,10-11H2,(H,25,27). The van der Waals surface area contributed by atoms with Gasteiger partial charge in [0.1, 0.15) is 5.82 Å². The van der Waals surface area contributed by atoms with Crippen LogP contribution in [-0.2, 0) is 0 Å². The zero-order valence-electron chi connectivity index (χ0n) is 14.7. The van der Waals surface area contributed by atoms with Crippen LogP contribution >= 0.6 is 27.5 Å². The summed E-state index contributed by atoms with van der Waals surface area (Å²) in [6, 6.07) is 15.5. The zero-order valence-corrected chi connectivity index (χ0v) is 17.0. The molecule has 1 aliphatic rings. The topological polar surface area (TPSA) is 45.2 Å². The molecule has 27 heavy (non-hydrogen) atoms. The first kappa shape index (κ1) is 18.3. The fourth-order valence-electron chi connectivity index (χ4n) is 3.52. The van der Waals surface area contributed by atoms with Crippen molar-refractivity contribution in [2.24, 2.45) is 0 Å². The lowest BCUT2D eigenvalue weighted by molar-refractivity contribution is 0.0931. The maximum Gasteiger partial charge on any atom is 0.251 e. The van der Waals surface area contributed by atoms with Crippen molar-refractivity contribution in [3.8, 4) is 0 Å². The third-order valence-electron chi connectivity index (χ3n) is 4.92. The number of hydrogen-bond acceptors (Lipinski definition) is 3. The van der Waals surface area contributed by atoms with E-state index in [1.807, 2.05) is 54.7 Å². The van der Waals surface area contributed by atoms with Gasteiger partial charge in [-0.25, -0.2) is 4.98 Å². The molecule has 2 aromatic carbocycles. The lowest BCUT2D eigenvalue weighted by atomic mass is 10.0. The molecule has 6 heteroatoms. The first-order chi connectivity index (χ1) is 13.1. The lowest BCUT2D eigenvalue weighted by Gasteiger charge is -2.33. The summed E-state index contributed by atoms with van der Waals surface area (Å²) in [4.78, 5) is 19.3. The Balaban J connectivity index is 1.43. The van der Waals surface area contributed by atoms with Crippen LogP contribution in [0.5, 0.6) is 0 Å². The molecule has 2 heterocycles. The Morgan fingerprint density at radius 1 is 1.15 bits per heavy atom. The number of anilines is 1. The summed E-state index contributed by atoms with van der Waals surface area (Å²) >= 11 is 9.52. The number of nitrogens with zero attached hydrogens (tertiary/aromatic N) is 2. The maximum atomic E-state index is 12.5. The molecule has 3 aromatic rings. The van der Waals surface area contributed by atoms with Crippen LogP contribution in [-0.4, -0.2) is 30.0 Å². The van der Waals surface area contributed by atoms with E-state index < -0.39 is 0 Å². The summed E-state index contributed by atoms with van der Waals surface area (Å²) in [6.07, 6.45) is 3.62. The van der Waals surface area contributed by atoms with E-state index in [4.69, 9.17) is 11.6 Å². The van der Waals surface area contributed by atoms with Gasteiger partial charge in [-0.15, -0.1) is 0 Å². The van der Waals surface area contributed by atoms with Crippen molar-refractivity contribution in [2.75, 3.05) is 18.0 Å². The predicted octanol–water partition coefficient (Wildman–Crippen LogP) is 5.05. The minimum absolute atomic E-state index is 0.0207. The fraction of sp³-hybridized carbons (Fsp3) is 0.238. The van der Waals surface area contributed by atoms with Gasteiger partial charge in [0.15, 0.2) is 0 Å². The van der Waals surface area contributed by atoms with Gasteiger partial charge in [-0.1, -0.05) is 33.6 Å². The molecule has 138 valence electrons. The molecule has 4 nitrogen and oxygen atoms in total. The number of piperidine rings is 1. The summed E-state index contributed by atoms with van der Waals surface area (Å²) < 4.78 is 0.909. The van der Waals surface area contributed by atoms with Crippen molar-refractivity contribution in [2.45, 2.75) is 18.9 Å². The number of hydrogen-bond donors (Lipinski definition) is 1. The SMILES string of the molecule is O=C(NC1CCN(c2nccc3cc(Cl)ccc23)CC1)c1cccc(Br)c1. The van der Waals surface area contributed by atoms with E-state index in [1.165, 1.54) is 0 Å². The molecule has 1 aliphatic heterocycles. The normalized spacial score (nSPS) is 15.1. The number of carbonyl (C=O) groups excluding carboxylic acids is 1. The molecule has 0 atom stereocenters. The maximum absolute atomic E-state index is 12.5. The van der Waals surface area contributed by atoms with Gasteiger partial charge in [-0.05, 0) is 60.7 Å². The number of fused-ring (bicyclic) bond motifs is 1. The van der Waals surface area contributed by atoms with E-state index in [0.29, 0.717) is 5.56 Å². The highest BCUT2D eigenvalue weighted by Gasteiger charge is 2.23. The van der Waals surface area contributed by atoms with Gasteiger partial charge >= 0.3 is 0 Å². The predicted molar refractivity (Wildman–Crippen MR) is 114 cm³/mol. The van der Waals surface area contributed by atoms with Gasteiger partial charge < -0.3 is 10.2 Å². The highest BCUT2D eigenvalue weighted by Crippen LogP contribution is 2.28. The van der Waals surface area contributed by atoms with Gasteiger partial charge in [0, 0.05) is 45.8 Å². The number of carbonyl (C=O) groups is 1. The van der Waals surface area contributed by atoms with E-state index in [1.54, 1.807) is 0 Å². The molecule has 1 amide bonds. The molecule has 1 saturated heterocycles. The molecule has 0 unspecified atom stereocenters. The Morgan fingerprint density at radius 3 is 2.74 bits per heavy atom. The van der Waals surface area contributed by atoms with E-state index in [9.17, 15) is 4.79 Å². The van der Waals surface area contributed by atoms with Gasteiger partial charge in [-0.3, -0.25) is 4.79 Å². The molecule has 0 spiro atoms. The Morgan fingerprint density at radius 2 is 1.96 bits per heavy atom. The molecule has 0 radical (unpaired) electrons. The number of amides is 1. The number of nitrogens with one attached hydrogen (secondary N) is 1. The fourth-order valence-corrected chi connectivity index (χ4v) is 4.10. The van der Waals surface area contributed by atoms with E-state index in [-0.39, 0.29) is 11.9 Å². The summed E-state index contributed by atoms with van der Waals surface area (Å²) in [5.74, 6) is 0.966. The Labute approximate surface area is 171 Å². The van der Waals surface area contributed by atoms with Crippen LogP contribution in [0.3, 0.4) is 0 Å². The molecule has 1 fully saturated rings. The third-order valence-corrected chi connectivity index (χ3v) is 5.65. The second kappa shape index (κ2) is 7.87. The molecule has 0 saturated carbocycles. The lowest BCUT2D eigenvalue weighted by Crippen LogP contribution is -2.45. The number of aromatic nitrogens is 1. The van der Waals surface area contributed by atoms with Crippen LogP contribution in [0.1, 0.15) is 23.2 Å². The van der Waals surface area contributed by atoms with Gasteiger partial charge in [0.05, 0.1) is 0 Å². The van der Waals surface area contributed by atoms with Crippen LogP contribution in [0.25, 0.3) is 10.8 Å². The van der Waals surface area contributed by atoms with E-state index in [0.717, 1.165) is 52.0 Å². The Bertz CT molecular complexity index is 986. The zero-order chi connectivity index (χ0) is 18.8. The summed E-state index contributed by atoms with van der Waals surface area (Å²) in [6.45, 7) is 1.72. The van der Waals surface area contributed by atoms with Crippen molar-refractivity contribution in [1.82, 2.24) is 10.3 Å². The minimum atomic E-state index is -0.0207. The molecule has 0 aliphatic carbocycles. The number of benzene rings is 2. The van der Waals surface area contributed by atoms with Crippen molar-refractivity contribution in [3.05, 3.63) is 69.8 Å². The van der Waals surface area contributed by atoms with Crippen LogP contribution < -0.4 is 10.2 Å². The largest absolute Gasteiger partial charge is 0.356 e. The molecule has 4 rings (SSSR count). The van der Waals surface area contributed by atoms with E-state index >= 15 is 0 Å². The van der Waals surface area contributed by atoms with Gasteiger partial charge in [0.25, 0.3) is 5.91 Å². The number of pyridine rings is 1. The first-order valence-electron chi connectivity index (χ1n) is 8.96. The van der Waals surface area contributed by atoms with Crippen LogP contribution in [0.2, 0.25) is 5.02 Å². The first-order valence-corrected chi connectivity index (χ1v) is 10.1. The Hall–Kier alpha value is -2.11. The van der Waals surface area contributed by atoms with Crippen molar-refractivity contribution >= 4 is 50.0 Å². The summed E-state index contributed by atoms with van der Waals surface area (Å²) in [5, 5.41) is 6.09. The number of halogens is 2. The van der Waals surface area contributed by atoms with Gasteiger partial charge in [0.2, 0.25) is 0 Å². The van der Waals surface area contributed by atoms with Crippen molar-refractivity contribution < 1.29 is 4.79 Å². The minimum Gasteiger partial charge on any atom is -0.356 e. The van der Waals surface area contributed by atoms with Crippen LogP contribution in [0.15, 0.2) is 59.2 Å².